The minimum atomic E-state index is 0.167. The smallest absolute Gasteiger partial charge is 0.205 e. The van der Waals surface area contributed by atoms with E-state index in [1.165, 1.54) is 0 Å². The molecule has 0 spiro atoms. The fourth-order valence-corrected chi connectivity index (χ4v) is 1.81. The maximum atomic E-state index is 5.71. The van der Waals surface area contributed by atoms with E-state index in [0.29, 0.717) is 28.0 Å². The van der Waals surface area contributed by atoms with Crippen molar-refractivity contribution in [2.75, 3.05) is 11.9 Å². The maximum absolute atomic E-state index is 5.71. The third-order valence-electron chi connectivity index (χ3n) is 2.57. The van der Waals surface area contributed by atoms with E-state index in [2.05, 4.69) is 34.1 Å². The molecule has 1 aromatic rings. The zero-order valence-corrected chi connectivity index (χ0v) is 11.0. The van der Waals surface area contributed by atoms with E-state index < -0.39 is 0 Å². The highest BCUT2D eigenvalue weighted by molar-refractivity contribution is 7.71. The Hall–Kier alpha value is -0.790. The van der Waals surface area contributed by atoms with Crippen molar-refractivity contribution in [3.05, 3.63) is 9.54 Å². The Morgan fingerprint density at radius 2 is 2.12 bits per heavy atom. The lowest BCUT2D eigenvalue weighted by atomic mass is 10.00. The fourth-order valence-electron chi connectivity index (χ4n) is 1.36. The van der Waals surface area contributed by atoms with Gasteiger partial charge in [-0.25, -0.2) is 0 Å². The molecule has 1 heterocycles. The van der Waals surface area contributed by atoms with Crippen molar-refractivity contribution < 1.29 is 0 Å². The number of anilines is 1. The average Bonchev–Trinajstić information content (AvgIpc) is 2.23. The van der Waals surface area contributed by atoms with Crippen LogP contribution in [0.1, 0.15) is 20.3 Å². The van der Waals surface area contributed by atoms with Gasteiger partial charge in [0.15, 0.2) is 4.77 Å². The van der Waals surface area contributed by atoms with E-state index >= 15 is 0 Å². The standard InChI is InChI=1S/C9H17N5S2/c1-3-5(2)6(4-10)11-7-12-8(15)14-9(16)13-7/h5-6H,3-4,10H2,1-2H3,(H3,11,12,13,14,15,16). The van der Waals surface area contributed by atoms with Crippen LogP contribution in [0.25, 0.3) is 0 Å². The summed E-state index contributed by atoms with van der Waals surface area (Å²) in [5, 5.41) is 3.22. The van der Waals surface area contributed by atoms with Gasteiger partial charge in [-0.3, -0.25) is 0 Å². The van der Waals surface area contributed by atoms with Crippen molar-refractivity contribution in [1.82, 2.24) is 15.0 Å². The third-order valence-corrected chi connectivity index (χ3v) is 2.97. The van der Waals surface area contributed by atoms with Gasteiger partial charge < -0.3 is 21.0 Å². The molecular weight excluding hydrogens is 242 g/mol. The first-order valence-electron chi connectivity index (χ1n) is 5.24. The molecule has 7 heteroatoms. The first-order valence-corrected chi connectivity index (χ1v) is 6.05. The number of nitrogens with one attached hydrogen (secondary N) is 3. The maximum Gasteiger partial charge on any atom is 0.205 e. The van der Waals surface area contributed by atoms with E-state index in [0.717, 1.165) is 6.42 Å². The zero-order valence-electron chi connectivity index (χ0n) is 9.41. The molecule has 0 radical (unpaired) electrons. The molecule has 0 saturated heterocycles. The summed E-state index contributed by atoms with van der Waals surface area (Å²) in [6.07, 6.45) is 1.05. The molecule has 1 rings (SSSR count). The van der Waals surface area contributed by atoms with Crippen molar-refractivity contribution in [3.8, 4) is 0 Å². The second-order valence-electron chi connectivity index (χ2n) is 3.72. The van der Waals surface area contributed by atoms with Crippen LogP contribution in [-0.2, 0) is 0 Å². The lowest BCUT2D eigenvalue weighted by molar-refractivity contribution is 0.471. The number of aromatic nitrogens is 3. The van der Waals surface area contributed by atoms with Crippen molar-refractivity contribution in [2.45, 2.75) is 26.3 Å². The van der Waals surface area contributed by atoms with E-state index in [-0.39, 0.29) is 6.04 Å². The summed E-state index contributed by atoms with van der Waals surface area (Å²) in [7, 11) is 0. The van der Waals surface area contributed by atoms with Crippen LogP contribution in [0.3, 0.4) is 0 Å². The monoisotopic (exact) mass is 259 g/mol. The lowest BCUT2D eigenvalue weighted by Gasteiger charge is -2.22. The van der Waals surface area contributed by atoms with Gasteiger partial charge in [0.2, 0.25) is 10.7 Å². The summed E-state index contributed by atoms with van der Waals surface area (Å²) in [6.45, 7) is 4.81. The molecule has 0 aliphatic rings. The summed E-state index contributed by atoms with van der Waals surface area (Å²) in [6, 6.07) is 0.167. The van der Waals surface area contributed by atoms with E-state index in [1.54, 1.807) is 0 Å². The summed E-state index contributed by atoms with van der Waals surface area (Å²) in [5.74, 6) is 1.04. The first kappa shape index (κ1) is 13.3. The highest BCUT2D eigenvalue weighted by Gasteiger charge is 2.14. The fraction of sp³-hybridized carbons (Fsp3) is 0.667. The van der Waals surface area contributed by atoms with Gasteiger partial charge in [0.1, 0.15) is 0 Å². The third kappa shape index (κ3) is 3.66. The Kier molecular flexibility index (Phi) is 5.04. The van der Waals surface area contributed by atoms with E-state index in [4.69, 9.17) is 30.2 Å². The Morgan fingerprint density at radius 3 is 2.62 bits per heavy atom. The van der Waals surface area contributed by atoms with Gasteiger partial charge in [-0.15, -0.1) is 0 Å². The van der Waals surface area contributed by atoms with Crippen molar-refractivity contribution in [1.29, 1.82) is 0 Å². The van der Waals surface area contributed by atoms with Crippen LogP contribution < -0.4 is 11.1 Å². The number of hydrogen-bond donors (Lipinski definition) is 4. The van der Waals surface area contributed by atoms with Gasteiger partial charge in [-0.2, -0.15) is 4.98 Å². The highest BCUT2D eigenvalue weighted by atomic mass is 32.1. The van der Waals surface area contributed by atoms with Crippen molar-refractivity contribution in [2.24, 2.45) is 11.7 Å². The molecule has 5 nitrogen and oxygen atoms in total. The molecule has 1 aromatic heterocycles. The van der Waals surface area contributed by atoms with Crippen LogP contribution >= 0.6 is 24.4 Å². The van der Waals surface area contributed by atoms with Crippen LogP contribution in [0.2, 0.25) is 0 Å². The van der Waals surface area contributed by atoms with Crippen LogP contribution in [0.15, 0.2) is 0 Å². The van der Waals surface area contributed by atoms with Crippen LogP contribution in [-0.4, -0.2) is 27.5 Å². The van der Waals surface area contributed by atoms with E-state index in [1.807, 2.05) is 0 Å². The molecule has 0 bridgehead atoms. The SMILES string of the molecule is CCC(C)C(CN)Nc1nc(=S)[nH]c(=S)[nH]1. The second-order valence-corrected chi connectivity index (χ2v) is 4.51. The minimum absolute atomic E-state index is 0.167. The van der Waals surface area contributed by atoms with Crippen LogP contribution in [0, 0.1) is 15.5 Å². The predicted molar refractivity (Wildman–Crippen MR) is 70.5 cm³/mol. The molecular formula is C9H17N5S2. The predicted octanol–water partition coefficient (Wildman–Crippen LogP) is 1.98. The molecule has 16 heavy (non-hydrogen) atoms. The normalized spacial score (nSPS) is 14.4. The number of rotatable bonds is 5. The summed E-state index contributed by atoms with van der Waals surface area (Å²) in [4.78, 5) is 9.75. The van der Waals surface area contributed by atoms with E-state index in [9.17, 15) is 0 Å². The molecule has 0 aliphatic heterocycles. The highest BCUT2D eigenvalue weighted by Crippen LogP contribution is 2.10. The quantitative estimate of drug-likeness (QED) is 0.608. The molecule has 0 saturated carbocycles. The molecule has 0 aliphatic carbocycles. The number of hydrogen-bond acceptors (Lipinski definition) is 5. The Bertz CT molecular complexity index is 410. The summed E-state index contributed by atoms with van der Waals surface area (Å²) >= 11 is 9.93. The molecule has 90 valence electrons. The molecule has 0 fully saturated rings. The van der Waals surface area contributed by atoms with Gasteiger partial charge in [0, 0.05) is 12.6 Å². The van der Waals surface area contributed by atoms with Crippen LogP contribution in [0.5, 0.6) is 0 Å². The Labute approximate surface area is 105 Å². The molecule has 0 aromatic carbocycles. The average molecular weight is 259 g/mol. The largest absolute Gasteiger partial charge is 0.351 e. The van der Waals surface area contributed by atoms with Gasteiger partial charge in [0.25, 0.3) is 0 Å². The second kappa shape index (κ2) is 6.07. The van der Waals surface area contributed by atoms with Gasteiger partial charge >= 0.3 is 0 Å². The van der Waals surface area contributed by atoms with Gasteiger partial charge in [-0.05, 0) is 30.4 Å². The summed E-state index contributed by atoms with van der Waals surface area (Å²) < 4.78 is 0.827. The van der Waals surface area contributed by atoms with Gasteiger partial charge in [-0.1, -0.05) is 20.3 Å². The number of nitrogens with zero attached hydrogens (tertiary/aromatic N) is 1. The zero-order chi connectivity index (χ0) is 12.1. The number of H-pyrrole nitrogens is 2. The topological polar surface area (TPSA) is 82.5 Å². The van der Waals surface area contributed by atoms with Crippen LogP contribution in [0.4, 0.5) is 5.95 Å². The first-order chi connectivity index (χ1) is 7.56. The molecule has 0 amide bonds. The van der Waals surface area contributed by atoms with Crippen molar-refractivity contribution in [3.63, 3.8) is 0 Å². The minimum Gasteiger partial charge on any atom is -0.351 e. The number of aromatic amines is 2. The Balaban J connectivity index is 2.85. The lowest BCUT2D eigenvalue weighted by Crippen LogP contribution is -2.35. The molecule has 5 N–H and O–H groups in total. The molecule has 2 atom stereocenters. The number of nitrogens with two attached hydrogens (primary N) is 1. The Morgan fingerprint density at radius 1 is 1.44 bits per heavy atom. The van der Waals surface area contributed by atoms with Gasteiger partial charge in [0.05, 0.1) is 0 Å². The summed E-state index contributed by atoms with van der Waals surface area (Å²) in [5.41, 5.74) is 5.71. The van der Waals surface area contributed by atoms with Crippen molar-refractivity contribution >= 4 is 30.4 Å². The molecule has 2 unspecified atom stereocenters.